The maximum absolute atomic E-state index is 12.7. The molecule has 4 heteroatoms. The van der Waals surface area contributed by atoms with Crippen LogP contribution in [-0.4, -0.2) is 37.4 Å². The highest BCUT2D eigenvalue weighted by Crippen LogP contribution is 2.32. The first kappa shape index (κ1) is 18.0. The molecule has 0 saturated heterocycles. The molecule has 0 N–H and O–H groups in total. The molecule has 1 rings (SSSR count). The van der Waals surface area contributed by atoms with Crippen molar-refractivity contribution in [3.05, 3.63) is 27.8 Å². The van der Waals surface area contributed by atoms with E-state index in [4.69, 9.17) is 16.3 Å². The van der Waals surface area contributed by atoms with Crippen molar-refractivity contribution in [3.63, 3.8) is 0 Å². The standard InChI is InChI=1S/C17H26ClNO2/c1-6-8-19(9-7-2)11-14(20)16-13(4)17(18)12(3)10-15(16)21-5/h10H,6-9,11H2,1-5H3. The van der Waals surface area contributed by atoms with E-state index in [1.165, 1.54) is 0 Å². The van der Waals surface area contributed by atoms with Gasteiger partial charge in [-0.25, -0.2) is 0 Å². The van der Waals surface area contributed by atoms with Crippen LogP contribution in [0, 0.1) is 13.8 Å². The van der Waals surface area contributed by atoms with Crippen LogP contribution in [0.15, 0.2) is 6.07 Å². The minimum absolute atomic E-state index is 0.0770. The van der Waals surface area contributed by atoms with Gasteiger partial charge in [-0.1, -0.05) is 25.4 Å². The van der Waals surface area contributed by atoms with Gasteiger partial charge in [0.15, 0.2) is 5.78 Å². The Morgan fingerprint density at radius 1 is 1.24 bits per heavy atom. The zero-order valence-corrected chi connectivity index (χ0v) is 14.5. The second kappa shape index (κ2) is 8.40. The SMILES string of the molecule is CCCN(CCC)CC(=O)c1c(OC)cc(C)c(Cl)c1C. The molecule has 0 spiro atoms. The van der Waals surface area contributed by atoms with E-state index in [1.54, 1.807) is 7.11 Å². The molecule has 3 nitrogen and oxygen atoms in total. The number of hydrogen-bond acceptors (Lipinski definition) is 3. The molecule has 0 fully saturated rings. The highest BCUT2D eigenvalue weighted by atomic mass is 35.5. The second-order valence-electron chi connectivity index (χ2n) is 5.41. The molecule has 0 aromatic heterocycles. The van der Waals surface area contributed by atoms with Crippen molar-refractivity contribution in [3.8, 4) is 5.75 Å². The summed E-state index contributed by atoms with van der Waals surface area (Å²) in [5, 5.41) is 0.650. The third-order valence-electron chi connectivity index (χ3n) is 3.59. The Kier molecular flexibility index (Phi) is 7.20. The third-order valence-corrected chi connectivity index (χ3v) is 4.17. The van der Waals surface area contributed by atoms with Crippen LogP contribution >= 0.6 is 11.6 Å². The summed E-state index contributed by atoms with van der Waals surface area (Å²) >= 11 is 6.29. The minimum atomic E-state index is 0.0770. The number of benzene rings is 1. The summed E-state index contributed by atoms with van der Waals surface area (Å²) in [6, 6.07) is 1.84. The molecule has 0 aliphatic rings. The normalized spacial score (nSPS) is 11.0. The molecule has 1 aromatic carbocycles. The van der Waals surface area contributed by atoms with Gasteiger partial charge in [0.25, 0.3) is 0 Å². The van der Waals surface area contributed by atoms with Gasteiger partial charge >= 0.3 is 0 Å². The Balaban J connectivity index is 3.08. The van der Waals surface area contributed by atoms with Gasteiger partial charge in [0.2, 0.25) is 0 Å². The van der Waals surface area contributed by atoms with Crippen LogP contribution in [0.1, 0.15) is 48.2 Å². The van der Waals surface area contributed by atoms with Crippen LogP contribution < -0.4 is 4.74 Å². The second-order valence-corrected chi connectivity index (χ2v) is 5.79. The molecule has 0 atom stereocenters. The number of ether oxygens (including phenoxy) is 1. The summed E-state index contributed by atoms with van der Waals surface area (Å²) in [6.07, 6.45) is 2.08. The van der Waals surface area contributed by atoms with E-state index >= 15 is 0 Å². The highest BCUT2D eigenvalue weighted by Gasteiger charge is 2.21. The van der Waals surface area contributed by atoms with Crippen molar-refractivity contribution in [2.75, 3.05) is 26.7 Å². The number of hydrogen-bond donors (Lipinski definition) is 0. The largest absolute Gasteiger partial charge is 0.496 e. The van der Waals surface area contributed by atoms with E-state index < -0.39 is 0 Å². The van der Waals surface area contributed by atoms with E-state index in [-0.39, 0.29) is 5.78 Å². The van der Waals surface area contributed by atoms with E-state index in [0.717, 1.165) is 37.1 Å². The van der Waals surface area contributed by atoms with Crippen molar-refractivity contribution in [2.24, 2.45) is 0 Å². The van der Waals surface area contributed by atoms with E-state index in [2.05, 4.69) is 18.7 Å². The van der Waals surface area contributed by atoms with Crippen LogP contribution in [0.4, 0.5) is 0 Å². The predicted molar refractivity (Wildman–Crippen MR) is 88.8 cm³/mol. The molecule has 0 aliphatic carbocycles. The average molecular weight is 312 g/mol. The lowest BCUT2D eigenvalue weighted by Gasteiger charge is -2.21. The summed E-state index contributed by atoms with van der Waals surface area (Å²) in [4.78, 5) is 14.9. The van der Waals surface area contributed by atoms with Gasteiger partial charge < -0.3 is 4.74 Å². The van der Waals surface area contributed by atoms with Crippen molar-refractivity contribution >= 4 is 17.4 Å². The molecular weight excluding hydrogens is 286 g/mol. The van der Waals surface area contributed by atoms with Crippen molar-refractivity contribution in [1.29, 1.82) is 0 Å². The number of halogens is 1. The van der Waals surface area contributed by atoms with Crippen molar-refractivity contribution in [2.45, 2.75) is 40.5 Å². The maximum atomic E-state index is 12.7. The molecule has 0 aliphatic heterocycles. The van der Waals surface area contributed by atoms with E-state index in [1.807, 2.05) is 19.9 Å². The molecule has 0 saturated carbocycles. The number of ketones is 1. The number of methoxy groups -OCH3 is 1. The predicted octanol–water partition coefficient (Wildman–Crippen LogP) is 4.27. The molecule has 0 amide bonds. The Morgan fingerprint density at radius 3 is 2.29 bits per heavy atom. The lowest BCUT2D eigenvalue weighted by Crippen LogP contribution is -2.32. The van der Waals surface area contributed by atoms with Gasteiger partial charge in [0.1, 0.15) is 5.75 Å². The van der Waals surface area contributed by atoms with Gasteiger partial charge in [-0.05, 0) is 57.0 Å². The molecule has 1 aromatic rings. The Bertz CT molecular complexity index is 494. The summed E-state index contributed by atoms with van der Waals surface area (Å²) in [5.74, 6) is 0.695. The highest BCUT2D eigenvalue weighted by molar-refractivity contribution is 6.32. The van der Waals surface area contributed by atoms with Gasteiger partial charge in [-0.2, -0.15) is 0 Å². The number of Topliss-reactive ketones (excluding diaryl/α,β-unsaturated/α-hetero) is 1. The van der Waals surface area contributed by atoms with E-state index in [0.29, 0.717) is 22.9 Å². The van der Waals surface area contributed by atoms with E-state index in [9.17, 15) is 4.79 Å². The fraction of sp³-hybridized carbons (Fsp3) is 0.588. The summed E-state index contributed by atoms with van der Waals surface area (Å²) in [7, 11) is 1.59. The maximum Gasteiger partial charge on any atom is 0.180 e. The number of nitrogens with zero attached hydrogens (tertiary/aromatic N) is 1. The Labute approximate surface area is 133 Å². The Morgan fingerprint density at radius 2 is 1.81 bits per heavy atom. The van der Waals surface area contributed by atoms with Crippen LogP contribution in [0.5, 0.6) is 5.75 Å². The summed E-state index contributed by atoms with van der Waals surface area (Å²) in [5.41, 5.74) is 2.36. The fourth-order valence-corrected chi connectivity index (χ4v) is 2.76. The summed E-state index contributed by atoms with van der Waals surface area (Å²) < 4.78 is 5.39. The van der Waals surface area contributed by atoms with Crippen LogP contribution in [0.25, 0.3) is 0 Å². The molecule has 0 unspecified atom stereocenters. The summed E-state index contributed by atoms with van der Waals surface area (Å²) in [6.45, 7) is 10.3. The zero-order chi connectivity index (χ0) is 16.0. The first-order valence-corrected chi connectivity index (χ1v) is 7.93. The van der Waals surface area contributed by atoms with Gasteiger partial charge in [0, 0.05) is 5.02 Å². The first-order valence-electron chi connectivity index (χ1n) is 7.55. The molecule has 118 valence electrons. The van der Waals surface area contributed by atoms with Gasteiger partial charge in [0.05, 0.1) is 19.2 Å². The zero-order valence-electron chi connectivity index (χ0n) is 13.8. The van der Waals surface area contributed by atoms with Crippen LogP contribution in [0.2, 0.25) is 5.02 Å². The number of rotatable bonds is 8. The first-order chi connectivity index (χ1) is 9.96. The van der Waals surface area contributed by atoms with Crippen molar-refractivity contribution < 1.29 is 9.53 Å². The fourth-order valence-electron chi connectivity index (χ4n) is 2.61. The lowest BCUT2D eigenvalue weighted by atomic mass is 10.00. The van der Waals surface area contributed by atoms with Crippen LogP contribution in [-0.2, 0) is 0 Å². The third kappa shape index (κ3) is 4.45. The molecule has 0 heterocycles. The van der Waals surface area contributed by atoms with Gasteiger partial charge in [-0.3, -0.25) is 9.69 Å². The molecule has 0 bridgehead atoms. The number of carbonyl (C=O) groups is 1. The molecular formula is C17H26ClNO2. The van der Waals surface area contributed by atoms with Crippen LogP contribution in [0.3, 0.4) is 0 Å². The van der Waals surface area contributed by atoms with Gasteiger partial charge in [-0.15, -0.1) is 0 Å². The average Bonchev–Trinajstić information content (AvgIpc) is 2.44. The molecule has 0 radical (unpaired) electrons. The lowest BCUT2D eigenvalue weighted by molar-refractivity contribution is 0.0927. The molecule has 21 heavy (non-hydrogen) atoms. The smallest absolute Gasteiger partial charge is 0.180 e. The number of aryl methyl sites for hydroxylation is 1. The monoisotopic (exact) mass is 311 g/mol. The Hall–Kier alpha value is -1.06. The topological polar surface area (TPSA) is 29.5 Å². The number of carbonyl (C=O) groups excluding carboxylic acids is 1. The minimum Gasteiger partial charge on any atom is -0.496 e. The quantitative estimate of drug-likeness (QED) is 0.671. The van der Waals surface area contributed by atoms with Crippen molar-refractivity contribution in [1.82, 2.24) is 4.90 Å².